The third-order valence-electron chi connectivity index (χ3n) is 2.96. The molecule has 1 heterocycles. The fourth-order valence-corrected chi connectivity index (χ4v) is 1.89. The van der Waals surface area contributed by atoms with Crippen LogP contribution in [0, 0.1) is 0 Å². The molecule has 0 saturated heterocycles. The normalized spacial score (nSPS) is 13.9. The summed E-state index contributed by atoms with van der Waals surface area (Å²) in [4.78, 5) is 22.7. The van der Waals surface area contributed by atoms with E-state index in [0.29, 0.717) is 19.7 Å². The molecule has 5 N–H and O–H groups in total. The van der Waals surface area contributed by atoms with Gasteiger partial charge >= 0.3 is 12.0 Å². The average Bonchev–Trinajstić information content (AvgIpc) is 2.53. The Kier molecular flexibility index (Phi) is 8.51. The van der Waals surface area contributed by atoms with Crippen molar-refractivity contribution in [3.63, 3.8) is 0 Å². The number of carbonyl (C=O) groups excluding carboxylic acids is 2. The first-order valence-electron chi connectivity index (χ1n) is 7.43. The first-order chi connectivity index (χ1) is 10.7. The maximum atomic E-state index is 11.6. The van der Waals surface area contributed by atoms with E-state index in [2.05, 4.69) is 33.4 Å². The number of allylic oxidation sites excluding steroid dienone is 2. The first-order valence-corrected chi connectivity index (χ1v) is 7.43. The molecule has 0 aromatic carbocycles. The number of hydrogen-bond donors (Lipinski definition) is 5. The number of hydrogen-bond acceptors (Lipinski definition) is 6. The Bertz CT molecular complexity index is 423. The van der Waals surface area contributed by atoms with Crippen molar-refractivity contribution in [2.45, 2.75) is 19.8 Å². The molecule has 22 heavy (non-hydrogen) atoms. The third-order valence-corrected chi connectivity index (χ3v) is 2.96. The minimum absolute atomic E-state index is 0.134. The molecule has 0 atom stereocenters. The van der Waals surface area contributed by atoms with Crippen LogP contribution in [-0.4, -0.2) is 44.8 Å². The number of esters is 1. The van der Waals surface area contributed by atoms with E-state index < -0.39 is 0 Å². The van der Waals surface area contributed by atoms with Crippen molar-refractivity contribution in [2.24, 2.45) is 0 Å². The van der Waals surface area contributed by atoms with E-state index in [1.165, 1.54) is 0 Å². The zero-order valence-corrected chi connectivity index (χ0v) is 13.0. The second kappa shape index (κ2) is 10.5. The molecule has 1 rings (SSSR count). The number of amides is 2. The summed E-state index contributed by atoms with van der Waals surface area (Å²) in [5.74, 6) is 0.470. The smallest absolute Gasteiger partial charge is 0.333 e. The summed E-state index contributed by atoms with van der Waals surface area (Å²) in [6.45, 7) is 7.74. The molecular formula is C14H25N5O3. The van der Waals surface area contributed by atoms with Gasteiger partial charge in [-0.25, -0.2) is 4.79 Å². The van der Waals surface area contributed by atoms with Gasteiger partial charge in [0.1, 0.15) is 5.82 Å². The van der Waals surface area contributed by atoms with E-state index in [0.717, 1.165) is 30.8 Å². The fraction of sp³-hybridized carbons (Fsp3) is 0.571. The maximum Gasteiger partial charge on any atom is 0.333 e. The molecule has 0 unspecified atom stereocenters. The van der Waals surface area contributed by atoms with Crippen LogP contribution in [0.2, 0.25) is 0 Å². The molecule has 0 saturated carbocycles. The Morgan fingerprint density at radius 2 is 2.23 bits per heavy atom. The predicted molar refractivity (Wildman–Crippen MR) is 83.6 cm³/mol. The van der Waals surface area contributed by atoms with E-state index in [-0.39, 0.29) is 18.5 Å². The van der Waals surface area contributed by atoms with Crippen LogP contribution in [0.15, 0.2) is 24.0 Å². The Labute approximate surface area is 130 Å². The topological polar surface area (TPSA) is 104 Å². The van der Waals surface area contributed by atoms with Crippen LogP contribution in [-0.2, 0) is 9.53 Å². The number of rotatable bonds is 9. The molecule has 0 bridgehead atoms. The Hall–Kier alpha value is -2.22. The average molecular weight is 311 g/mol. The first kappa shape index (κ1) is 17.8. The molecule has 124 valence electrons. The molecule has 0 aliphatic carbocycles. The minimum atomic E-state index is -0.346. The summed E-state index contributed by atoms with van der Waals surface area (Å²) in [5, 5.41) is 8.70. The van der Waals surface area contributed by atoms with E-state index in [4.69, 9.17) is 4.74 Å². The largest absolute Gasteiger partial charge is 0.465 e. The molecule has 8 nitrogen and oxygen atoms in total. The highest BCUT2D eigenvalue weighted by molar-refractivity contribution is 5.73. The van der Waals surface area contributed by atoms with E-state index in [1.807, 2.05) is 0 Å². The van der Waals surface area contributed by atoms with Crippen molar-refractivity contribution in [3.05, 3.63) is 24.0 Å². The Balaban J connectivity index is 2.12. The molecule has 2 amide bonds. The molecule has 0 radical (unpaired) electrons. The summed E-state index contributed by atoms with van der Waals surface area (Å²) < 4.78 is 4.76. The molecule has 0 spiro atoms. The lowest BCUT2D eigenvalue weighted by Gasteiger charge is -2.21. The molecule has 0 fully saturated rings. The van der Waals surface area contributed by atoms with Gasteiger partial charge in [-0.05, 0) is 25.3 Å². The van der Waals surface area contributed by atoms with Gasteiger partial charge in [0.25, 0.3) is 0 Å². The number of urea groups is 1. The second-order valence-electron chi connectivity index (χ2n) is 4.62. The number of carbonyl (C=O) groups is 2. The van der Waals surface area contributed by atoms with Crippen LogP contribution in [0.1, 0.15) is 19.8 Å². The van der Waals surface area contributed by atoms with Crippen LogP contribution in [0.25, 0.3) is 0 Å². The monoisotopic (exact) mass is 311 g/mol. The van der Waals surface area contributed by atoms with Crippen molar-refractivity contribution >= 4 is 12.0 Å². The standard InChI is InChI=1S/C14H25N5O3/c1-3-11-6-5-7-16-13(11)18-19-14(21)17-9-8-15-10-12(20)22-4-2/h3,15-16,18H,1,4-10H2,2H3,(H2,17,19,21). The van der Waals surface area contributed by atoms with Gasteiger partial charge in [0.15, 0.2) is 0 Å². The zero-order valence-electron chi connectivity index (χ0n) is 13.0. The van der Waals surface area contributed by atoms with E-state index in [9.17, 15) is 9.59 Å². The van der Waals surface area contributed by atoms with Gasteiger partial charge < -0.3 is 20.7 Å². The zero-order chi connectivity index (χ0) is 16.2. The van der Waals surface area contributed by atoms with Crippen LogP contribution in [0.3, 0.4) is 0 Å². The van der Waals surface area contributed by atoms with Gasteiger partial charge in [-0.1, -0.05) is 12.7 Å². The second-order valence-corrected chi connectivity index (χ2v) is 4.62. The van der Waals surface area contributed by atoms with E-state index >= 15 is 0 Å². The fourth-order valence-electron chi connectivity index (χ4n) is 1.89. The van der Waals surface area contributed by atoms with Gasteiger partial charge in [0, 0.05) is 19.6 Å². The van der Waals surface area contributed by atoms with Crippen LogP contribution >= 0.6 is 0 Å². The number of hydrazine groups is 1. The van der Waals surface area contributed by atoms with Crippen LogP contribution in [0.5, 0.6) is 0 Å². The number of ether oxygens (including phenoxy) is 1. The maximum absolute atomic E-state index is 11.6. The summed E-state index contributed by atoms with van der Waals surface area (Å²) in [7, 11) is 0. The molecular weight excluding hydrogens is 286 g/mol. The van der Waals surface area contributed by atoms with Gasteiger partial charge in [-0.3, -0.25) is 15.6 Å². The minimum Gasteiger partial charge on any atom is -0.465 e. The van der Waals surface area contributed by atoms with Gasteiger partial charge in [0.05, 0.1) is 13.2 Å². The highest BCUT2D eigenvalue weighted by Gasteiger charge is 2.10. The van der Waals surface area contributed by atoms with Gasteiger partial charge in [-0.2, -0.15) is 0 Å². The summed E-state index contributed by atoms with van der Waals surface area (Å²) in [6.07, 6.45) is 3.75. The van der Waals surface area contributed by atoms with Crippen molar-refractivity contribution in [2.75, 3.05) is 32.8 Å². The highest BCUT2D eigenvalue weighted by Crippen LogP contribution is 2.12. The third kappa shape index (κ3) is 6.98. The number of nitrogens with one attached hydrogen (secondary N) is 5. The summed E-state index contributed by atoms with van der Waals surface area (Å²) in [5.41, 5.74) is 6.43. The van der Waals surface area contributed by atoms with Gasteiger partial charge in [-0.15, -0.1) is 0 Å². The van der Waals surface area contributed by atoms with Crippen LogP contribution in [0.4, 0.5) is 4.79 Å². The predicted octanol–water partition coefficient (Wildman–Crippen LogP) is -0.276. The lowest BCUT2D eigenvalue weighted by atomic mass is 10.1. The molecule has 0 aromatic heterocycles. The van der Waals surface area contributed by atoms with E-state index in [1.54, 1.807) is 13.0 Å². The lowest BCUT2D eigenvalue weighted by molar-refractivity contribution is -0.141. The lowest BCUT2D eigenvalue weighted by Crippen LogP contribution is -2.48. The van der Waals surface area contributed by atoms with Gasteiger partial charge in [0.2, 0.25) is 0 Å². The van der Waals surface area contributed by atoms with Crippen LogP contribution < -0.4 is 26.8 Å². The Morgan fingerprint density at radius 1 is 1.41 bits per heavy atom. The highest BCUT2D eigenvalue weighted by atomic mass is 16.5. The molecule has 0 aromatic rings. The molecule has 1 aliphatic rings. The summed E-state index contributed by atoms with van der Waals surface area (Å²) in [6, 6.07) is -0.346. The molecule has 1 aliphatic heterocycles. The Morgan fingerprint density at radius 3 is 2.95 bits per heavy atom. The van der Waals surface area contributed by atoms with Crippen molar-refractivity contribution < 1.29 is 14.3 Å². The summed E-state index contributed by atoms with van der Waals surface area (Å²) >= 11 is 0. The van der Waals surface area contributed by atoms with Crippen molar-refractivity contribution in [3.8, 4) is 0 Å². The van der Waals surface area contributed by atoms with Crippen molar-refractivity contribution in [1.82, 2.24) is 26.8 Å². The molecule has 8 heteroatoms. The SMILES string of the molecule is C=CC1=C(NNC(=O)NCCNCC(=O)OCC)NCCC1. The quantitative estimate of drug-likeness (QED) is 0.228. The van der Waals surface area contributed by atoms with Crippen molar-refractivity contribution in [1.29, 1.82) is 0 Å².